The van der Waals surface area contributed by atoms with E-state index in [1.54, 1.807) is 25.3 Å². The summed E-state index contributed by atoms with van der Waals surface area (Å²) in [7, 11) is 1.69. The molecule has 0 radical (unpaired) electrons. The monoisotopic (exact) mass is 360 g/mol. The Bertz CT molecular complexity index is 508. The minimum absolute atomic E-state index is 0.00494. The fraction of sp³-hybridized carbons (Fsp3) is 0.562. The van der Waals surface area contributed by atoms with Gasteiger partial charge in [0, 0.05) is 29.1 Å². The van der Waals surface area contributed by atoms with Crippen molar-refractivity contribution in [3.05, 3.63) is 28.2 Å². The average molecular weight is 361 g/mol. The Labute approximate surface area is 146 Å². The van der Waals surface area contributed by atoms with Crippen LogP contribution in [-0.4, -0.2) is 45.9 Å². The molecule has 1 aromatic carbocycles. The van der Waals surface area contributed by atoms with Crippen molar-refractivity contribution in [3.63, 3.8) is 0 Å². The highest BCUT2D eigenvalue weighted by Gasteiger charge is 2.32. The maximum atomic E-state index is 12.0. The second kappa shape index (κ2) is 8.73. The number of amides is 1. The first kappa shape index (κ1) is 18.3. The van der Waals surface area contributed by atoms with Crippen molar-refractivity contribution in [1.82, 2.24) is 10.6 Å². The number of halogens is 2. The Morgan fingerprint density at radius 2 is 1.91 bits per heavy atom. The van der Waals surface area contributed by atoms with Crippen LogP contribution in [0.5, 0.6) is 5.75 Å². The molecule has 0 atom stereocenters. The molecule has 0 saturated carbocycles. The second-order valence-corrected chi connectivity index (χ2v) is 6.73. The Hall–Kier alpha value is -1.01. The number of carbonyl (C=O) groups is 1. The second-order valence-electron chi connectivity index (χ2n) is 5.85. The van der Waals surface area contributed by atoms with Crippen LogP contribution in [0.4, 0.5) is 0 Å². The van der Waals surface area contributed by atoms with Crippen molar-refractivity contribution in [2.24, 2.45) is 5.41 Å². The fourth-order valence-electron chi connectivity index (χ4n) is 2.73. The summed E-state index contributed by atoms with van der Waals surface area (Å²) in [5.41, 5.74) is -0.00494. The third-order valence-corrected chi connectivity index (χ3v) is 4.42. The van der Waals surface area contributed by atoms with Crippen molar-refractivity contribution >= 4 is 29.1 Å². The van der Waals surface area contributed by atoms with Crippen LogP contribution in [0.3, 0.4) is 0 Å². The van der Waals surface area contributed by atoms with Crippen LogP contribution in [0.2, 0.25) is 10.0 Å². The molecular formula is C16H22Cl2N2O3. The highest BCUT2D eigenvalue weighted by molar-refractivity contribution is 6.34. The van der Waals surface area contributed by atoms with Crippen LogP contribution in [0.15, 0.2) is 18.2 Å². The van der Waals surface area contributed by atoms with Crippen LogP contribution in [0.25, 0.3) is 0 Å². The SMILES string of the molecule is COCC1(CNC(=O)COc2cc(Cl)cc(Cl)c2)CCNCC1. The molecule has 2 N–H and O–H groups in total. The summed E-state index contributed by atoms with van der Waals surface area (Å²) >= 11 is 11.8. The van der Waals surface area contributed by atoms with Gasteiger partial charge in [-0.1, -0.05) is 23.2 Å². The number of benzene rings is 1. The van der Waals surface area contributed by atoms with Gasteiger partial charge in [0.15, 0.2) is 6.61 Å². The number of piperidine rings is 1. The van der Waals surface area contributed by atoms with Crippen LogP contribution in [0.1, 0.15) is 12.8 Å². The van der Waals surface area contributed by atoms with Crippen molar-refractivity contribution in [3.8, 4) is 5.75 Å². The lowest BCUT2D eigenvalue weighted by atomic mass is 9.79. The van der Waals surface area contributed by atoms with Crippen LogP contribution in [0, 0.1) is 5.41 Å². The number of hydrogen-bond donors (Lipinski definition) is 2. The lowest BCUT2D eigenvalue weighted by Crippen LogP contribution is -2.47. The molecule has 7 heteroatoms. The lowest BCUT2D eigenvalue weighted by Gasteiger charge is -2.37. The highest BCUT2D eigenvalue weighted by atomic mass is 35.5. The predicted octanol–water partition coefficient (Wildman–Crippen LogP) is 2.50. The molecule has 0 bridgehead atoms. The third kappa shape index (κ3) is 5.84. The van der Waals surface area contributed by atoms with Gasteiger partial charge >= 0.3 is 0 Å². The van der Waals surface area contributed by atoms with E-state index >= 15 is 0 Å². The molecule has 1 saturated heterocycles. The van der Waals surface area contributed by atoms with Crippen LogP contribution >= 0.6 is 23.2 Å². The molecule has 0 aliphatic carbocycles. The molecule has 1 aliphatic heterocycles. The largest absolute Gasteiger partial charge is 0.484 e. The summed E-state index contributed by atoms with van der Waals surface area (Å²) in [5.74, 6) is 0.307. The molecule has 0 aromatic heterocycles. The van der Waals surface area contributed by atoms with Gasteiger partial charge in [0.2, 0.25) is 0 Å². The summed E-state index contributed by atoms with van der Waals surface area (Å²) in [6, 6.07) is 4.86. The number of carbonyl (C=O) groups excluding carboxylic acids is 1. The van der Waals surface area contributed by atoms with E-state index in [1.807, 2.05) is 0 Å². The van der Waals surface area contributed by atoms with E-state index in [1.165, 1.54) is 0 Å². The summed E-state index contributed by atoms with van der Waals surface area (Å²) in [4.78, 5) is 12.0. The molecular weight excluding hydrogens is 339 g/mol. The third-order valence-electron chi connectivity index (χ3n) is 3.98. The van der Waals surface area contributed by atoms with E-state index in [2.05, 4.69) is 10.6 Å². The van der Waals surface area contributed by atoms with E-state index in [9.17, 15) is 4.79 Å². The first-order valence-corrected chi connectivity index (χ1v) is 8.34. The smallest absolute Gasteiger partial charge is 0.257 e. The van der Waals surface area contributed by atoms with Gasteiger partial charge < -0.3 is 20.1 Å². The van der Waals surface area contributed by atoms with E-state index < -0.39 is 0 Å². The summed E-state index contributed by atoms with van der Waals surface area (Å²) in [6.45, 7) is 3.03. The van der Waals surface area contributed by atoms with E-state index in [4.69, 9.17) is 32.7 Å². The first-order valence-electron chi connectivity index (χ1n) is 7.58. The lowest BCUT2D eigenvalue weighted by molar-refractivity contribution is -0.124. The van der Waals surface area contributed by atoms with Gasteiger partial charge in [0.1, 0.15) is 5.75 Å². The van der Waals surface area contributed by atoms with Crippen molar-refractivity contribution in [2.75, 3.05) is 40.0 Å². The van der Waals surface area contributed by atoms with Crippen molar-refractivity contribution in [1.29, 1.82) is 0 Å². The molecule has 1 aliphatic rings. The molecule has 1 amide bonds. The standard InChI is InChI=1S/C16H22Cl2N2O3/c1-22-11-16(2-4-19-5-3-16)10-20-15(21)9-23-14-7-12(17)6-13(18)8-14/h6-8,19H,2-5,9-11H2,1H3,(H,20,21). The Morgan fingerprint density at radius 1 is 1.26 bits per heavy atom. The predicted molar refractivity (Wildman–Crippen MR) is 91.4 cm³/mol. The van der Waals surface area contributed by atoms with Gasteiger partial charge in [-0.3, -0.25) is 4.79 Å². The minimum atomic E-state index is -0.171. The topological polar surface area (TPSA) is 59.6 Å². The van der Waals surface area contributed by atoms with Crippen molar-refractivity contribution in [2.45, 2.75) is 12.8 Å². The zero-order chi connectivity index (χ0) is 16.7. The normalized spacial score (nSPS) is 16.8. The molecule has 0 unspecified atom stereocenters. The molecule has 1 aromatic rings. The maximum absolute atomic E-state index is 12.0. The number of nitrogens with one attached hydrogen (secondary N) is 2. The molecule has 1 fully saturated rings. The van der Waals surface area contributed by atoms with Gasteiger partial charge in [-0.25, -0.2) is 0 Å². The van der Waals surface area contributed by atoms with Gasteiger partial charge in [0.25, 0.3) is 5.91 Å². The zero-order valence-corrected chi connectivity index (χ0v) is 14.7. The highest BCUT2D eigenvalue weighted by Crippen LogP contribution is 2.28. The number of rotatable bonds is 7. The van der Waals surface area contributed by atoms with Crippen LogP contribution in [-0.2, 0) is 9.53 Å². The Kier molecular flexibility index (Phi) is 6.96. The molecule has 0 spiro atoms. The van der Waals surface area contributed by atoms with E-state index in [0.29, 0.717) is 28.9 Å². The first-order chi connectivity index (χ1) is 11.0. The van der Waals surface area contributed by atoms with Gasteiger partial charge in [-0.05, 0) is 44.1 Å². The molecule has 23 heavy (non-hydrogen) atoms. The Morgan fingerprint density at radius 3 is 2.52 bits per heavy atom. The average Bonchev–Trinajstić information content (AvgIpc) is 2.51. The summed E-state index contributed by atoms with van der Waals surface area (Å²) in [5, 5.41) is 7.21. The number of methoxy groups -OCH3 is 1. The zero-order valence-electron chi connectivity index (χ0n) is 13.2. The van der Waals surface area contributed by atoms with Crippen LogP contribution < -0.4 is 15.4 Å². The molecule has 2 rings (SSSR count). The maximum Gasteiger partial charge on any atom is 0.257 e. The van der Waals surface area contributed by atoms with E-state index in [-0.39, 0.29) is 17.9 Å². The molecule has 1 heterocycles. The summed E-state index contributed by atoms with van der Waals surface area (Å²) in [6.07, 6.45) is 1.96. The Balaban J connectivity index is 1.81. The fourth-order valence-corrected chi connectivity index (χ4v) is 3.24. The van der Waals surface area contributed by atoms with Crippen molar-refractivity contribution < 1.29 is 14.3 Å². The number of hydrogen-bond acceptors (Lipinski definition) is 4. The number of ether oxygens (including phenoxy) is 2. The van der Waals surface area contributed by atoms with Gasteiger partial charge in [-0.2, -0.15) is 0 Å². The summed E-state index contributed by atoms with van der Waals surface area (Å²) < 4.78 is 10.8. The molecule has 5 nitrogen and oxygen atoms in total. The minimum Gasteiger partial charge on any atom is -0.484 e. The van der Waals surface area contributed by atoms with Gasteiger partial charge in [-0.15, -0.1) is 0 Å². The van der Waals surface area contributed by atoms with E-state index in [0.717, 1.165) is 25.9 Å². The van der Waals surface area contributed by atoms with Gasteiger partial charge in [0.05, 0.1) is 6.61 Å². The molecule has 128 valence electrons. The quantitative estimate of drug-likeness (QED) is 0.784.